The SMILES string of the molecule is O=C(CCS)N1CCN2C(=O)CCC2C1. The number of hydrogen-bond acceptors (Lipinski definition) is 3. The zero-order valence-electron chi connectivity index (χ0n) is 8.69. The summed E-state index contributed by atoms with van der Waals surface area (Å²) >= 11 is 4.06. The monoisotopic (exact) mass is 228 g/mol. The van der Waals surface area contributed by atoms with Crippen molar-refractivity contribution in [3.8, 4) is 0 Å². The van der Waals surface area contributed by atoms with E-state index in [0.29, 0.717) is 31.7 Å². The minimum Gasteiger partial charge on any atom is -0.339 e. The molecule has 2 aliphatic rings. The van der Waals surface area contributed by atoms with Crippen molar-refractivity contribution in [2.45, 2.75) is 25.3 Å². The number of thiol groups is 1. The highest BCUT2D eigenvalue weighted by Gasteiger charge is 2.36. The summed E-state index contributed by atoms with van der Waals surface area (Å²) in [5, 5.41) is 0. The average Bonchev–Trinajstić information content (AvgIpc) is 2.60. The molecular formula is C10H16N2O2S. The van der Waals surface area contributed by atoms with Gasteiger partial charge in [-0.05, 0) is 12.2 Å². The van der Waals surface area contributed by atoms with Crippen LogP contribution in [-0.4, -0.2) is 53.0 Å². The van der Waals surface area contributed by atoms with Crippen LogP contribution < -0.4 is 0 Å². The molecule has 5 heteroatoms. The van der Waals surface area contributed by atoms with E-state index in [1.54, 1.807) is 0 Å². The first-order valence-electron chi connectivity index (χ1n) is 5.40. The Morgan fingerprint density at radius 2 is 2.27 bits per heavy atom. The van der Waals surface area contributed by atoms with E-state index >= 15 is 0 Å². The topological polar surface area (TPSA) is 40.6 Å². The molecule has 2 amide bonds. The second-order valence-corrected chi connectivity index (χ2v) is 4.54. The predicted octanol–water partition coefficient (Wildman–Crippen LogP) is 0.139. The van der Waals surface area contributed by atoms with Gasteiger partial charge in [-0.15, -0.1) is 0 Å². The number of hydrogen-bond donors (Lipinski definition) is 1. The summed E-state index contributed by atoms with van der Waals surface area (Å²) in [5.41, 5.74) is 0. The van der Waals surface area contributed by atoms with Gasteiger partial charge < -0.3 is 9.80 Å². The van der Waals surface area contributed by atoms with E-state index in [1.165, 1.54) is 0 Å². The van der Waals surface area contributed by atoms with Crippen molar-refractivity contribution in [2.75, 3.05) is 25.4 Å². The summed E-state index contributed by atoms with van der Waals surface area (Å²) in [6.45, 7) is 2.12. The lowest BCUT2D eigenvalue weighted by molar-refractivity contribution is -0.138. The molecule has 0 saturated carbocycles. The van der Waals surface area contributed by atoms with Crippen molar-refractivity contribution in [2.24, 2.45) is 0 Å². The maximum absolute atomic E-state index is 11.6. The van der Waals surface area contributed by atoms with Crippen LogP contribution in [0.15, 0.2) is 0 Å². The minimum atomic E-state index is 0.170. The molecule has 0 aromatic rings. The second-order valence-electron chi connectivity index (χ2n) is 4.09. The fourth-order valence-corrected chi connectivity index (χ4v) is 2.54. The van der Waals surface area contributed by atoms with Gasteiger partial charge in [0.15, 0.2) is 0 Å². The molecule has 1 unspecified atom stereocenters. The molecule has 15 heavy (non-hydrogen) atoms. The highest BCUT2D eigenvalue weighted by Crippen LogP contribution is 2.22. The predicted molar refractivity (Wildman–Crippen MR) is 59.8 cm³/mol. The van der Waals surface area contributed by atoms with Gasteiger partial charge in [0.25, 0.3) is 0 Å². The Morgan fingerprint density at radius 3 is 3.00 bits per heavy atom. The molecule has 0 spiro atoms. The van der Waals surface area contributed by atoms with Gasteiger partial charge in [0.05, 0.1) is 0 Å². The third kappa shape index (κ3) is 2.12. The second kappa shape index (κ2) is 4.43. The maximum Gasteiger partial charge on any atom is 0.223 e. The van der Waals surface area contributed by atoms with Crippen LogP contribution in [0.2, 0.25) is 0 Å². The van der Waals surface area contributed by atoms with Crippen LogP contribution in [0.4, 0.5) is 0 Å². The third-order valence-electron chi connectivity index (χ3n) is 3.17. The first kappa shape index (κ1) is 10.8. The number of amides is 2. The van der Waals surface area contributed by atoms with Gasteiger partial charge in [-0.25, -0.2) is 0 Å². The van der Waals surface area contributed by atoms with E-state index in [4.69, 9.17) is 0 Å². The van der Waals surface area contributed by atoms with Gasteiger partial charge >= 0.3 is 0 Å². The summed E-state index contributed by atoms with van der Waals surface area (Å²) in [6, 6.07) is 0.273. The summed E-state index contributed by atoms with van der Waals surface area (Å²) in [5.74, 6) is 1.02. The number of nitrogens with zero attached hydrogens (tertiary/aromatic N) is 2. The molecule has 0 bridgehead atoms. The first-order valence-corrected chi connectivity index (χ1v) is 6.03. The van der Waals surface area contributed by atoms with Crippen molar-refractivity contribution in [3.05, 3.63) is 0 Å². The molecule has 4 nitrogen and oxygen atoms in total. The quantitative estimate of drug-likeness (QED) is 0.683. The molecule has 0 N–H and O–H groups in total. The Kier molecular flexibility index (Phi) is 3.19. The van der Waals surface area contributed by atoms with Gasteiger partial charge in [0.1, 0.15) is 0 Å². The Hall–Kier alpha value is -0.710. The lowest BCUT2D eigenvalue weighted by Gasteiger charge is -2.37. The summed E-state index contributed by atoms with van der Waals surface area (Å²) in [6.07, 6.45) is 2.06. The van der Waals surface area contributed by atoms with Crippen molar-refractivity contribution >= 4 is 24.4 Å². The molecule has 84 valence electrons. The average molecular weight is 228 g/mol. The van der Waals surface area contributed by atoms with Crippen LogP contribution in [0.3, 0.4) is 0 Å². The molecule has 2 heterocycles. The number of carbonyl (C=O) groups is 2. The molecule has 0 aliphatic carbocycles. The van der Waals surface area contributed by atoms with E-state index in [2.05, 4.69) is 12.6 Å². The molecule has 0 aromatic carbocycles. The molecular weight excluding hydrogens is 212 g/mol. The summed E-state index contributed by atoms with van der Waals surface area (Å²) in [4.78, 5) is 26.9. The number of rotatable bonds is 2. The van der Waals surface area contributed by atoms with E-state index in [9.17, 15) is 9.59 Å². The maximum atomic E-state index is 11.6. The Morgan fingerprint density at radius 1 is 1.47 bits per heavy atom. The molecule has 0 aromatic heterocycles. The van der Waals surface area contributed by atoms with E-state index in [-0.39, 0.29) is 17.9 Å². The fourth-order valence-electron chi connectivity index (χ4n) is 2.34. The molecule has 2 saturated heterocycles. The highest BCUT2D eigenvalue weighted by atomic mass is 32.1. The molecule has 0 radical (unpaired) electrons. The van der Waals surface area contributed by atoms with Crippen LogP contribution >= 0.6 is 12.6 Å². The number of fused-ring (bicyclic) bond motifs is 1. The zero-order chi connectivity index (χ0) is 10.8. The minimum absolute atomic E-state index is 0.170. The van der Waals surface area contributed by atoms with E-state index in [1.807, 2.05) is 9.80 Å². The van der Waals surface area contributed by atoms with Crippen LogP contribution in [-0.2, 0) is 9.59 Å². The van der Waals surface area contributed by atoms with Gasteiger partial charge in [0, 0.05) is 38.5 Å². The fraction of sp³-hybridized carbons (Fsp3) is 0.800. The highest BCUT2D eigenvalue weighted by molar-refractivity contribution is 7.80. The largest absolute Gasteiger partial charge is 0.339 e. The van der Waals surface area contributed by atoms with Gasteiger partial charge in [-0.3, -0.25) is 9.59 Å². The van der Waals surface area contributed by atoms with Crippen LogP contribution in [0.25, 0.3) is 0 Å². The molecule has 2 rings (SSSR count). The van der Waals surface area contributed by atoms with Crippen LogP contribution in [0.1, 0.15) is 19.3 Å². The summed E-state index contributed by atoms with van der Waals surface area (Å²) < 4.78 is 0. The Bertz CT molecular complexity index is 283. The van der Waals surface area contributed by atoms with Crippen molar-refractivity contribution in [1.82, 2.24) is 9.80 Å². The summed E-state index contributed by atoms with van der Waals surface area (Å²) in [7, 11) is 0. The van der Waals surface area contributed by atoms with Crippen LogP contribution in [0.5, 0.6) is 0 Å². The first-order chi connectivity index (χ1) is 7.22. The zero-order valence-corrected chi connectivity index (χ0v) is 9.58. The Labute approximate surface area is 95.0 Å². The lowest BCUT2D eigenvalue weighted by atomic mass is 10.1. The lowest BCUT2D eigenvalue weighted by Crippen LogP contribution is -2.53. The van der Waals surface area contributed by atoms with Crippen molar-refractivity contribution < 1.29 is 9.59 Å². The number of piperazine rings is 1. The van der Waals surface area contributed by atoms with Gasteiger partial charge in [-0.1, -0.05) is 0 Å². The van der Waals surface area contributed by atoms with E-state index < -0.39 is 0 Å². The third-order valence-corrected chi connectivity index (χ3v) is 3.40. The van der Waals surface area contributed by atoms with Crippen molar-refractivity contribution in [3.63, 3.8) is 0 Å². The van der Waals surface area contributed by atoms with Crippen molar-refractivity contribution in [1.29, 1.82) is 0 Å². The standard InChI is InChI=1S/C10H16N2O2S/c13-9(3-6-15)11-4-5-12-8(7-11)1-2-10(12)14/h8,15H,1-7H2. The van der Waals surface area contributed by atoms with E-state index in [0.717, 1.165) is 13.0 Å². The van der Waals surface area contributed by atoms with Gasteiger partial charge in [0.2, 0.25) is 11.8 Å². The molecule has 2 fully saturated rings. The van der Waals surface area contributed by atoms with Crippen LogP contribution in [0, 0.1) is 0 Å². The molecule has 2 aliphatic heterocycles. The normalized spacial score (nSPS) is 25.7. The molecule has 1 atom stereocenters. The Balaban J connectivity index is 1.93. The smallest absolute Gasteiger partial charge is 0.223 e. The van der Waals surface area contributed by atoms with Gasteiger partial charge in [-0.2, -0.15) is 12.6 Å². The number of carbonyl (C=O) groups excluding carboxylic acids is 2.